The van der Waals surface area contributed by atoms with Crippen LogP contribution in [-0.4, -0.2) is 41.3 Å². The molecule has 1 atom stereocenters. The van der Waals surface area contributed by atoms with Crippen molar-refractivity contribution in [2.75, 3.05) is 13.1 Å². The number of carboxylic acids is 1. The van der Waals surface area contributed by atoms with E-state index in [1.807, 2.05) is 0 Å². The summed E-state index contributed by atoms with van der Waals surface area (Å²) in [7, 11) is 0. The van der Waals surface area contributed by atoms with Gasteiger partial charge in [-0.05, 0) is 13.8 Å². The Kier molecular flexibility index (Phi) is 3.55. The van der Waals surface area contributed by atoms with Gasteiger partial charge in [0.05, 0.1) is 12.0 Å². The number of amides is 1. The number of hydrogen-bond acceptors (Lipinski definition) is 3. The van der Waals surface area contributed by atoms with E-state index in [9.17, 15) is 9.59 Å². The van der Waals surface area contributed by atoms with E-state index in [1.54, 1.807) is 20.8 Å². The Labute approximate surface area is 89.0 Å². The Morgan fingerprint density at radius 3 is 2.27 bits per heavy atom. The highest BCUT2D eigenvalue weighted by atomic mass is 16.6. The average molecular weight is 215 g/mol. The van der Waals surface area contributed by atoms with Crippen molar-refractivity contribution in [2.24, 2.45) is 11.8 Å². The van der Waals surface area contributed by atoms with Crippen molar-refractivity contribution < 1.29 is 19.4 Å². The summed E-state index contributed by atoms with van der Waals surface area (Å²) in [5, 5.41) is 8.75. The molecule has 0 aromatic carbocycles. The van der Waals surface area contributed by atoms with Gasteiger partial charge in [-0.25, -0.2) is 4.79 Å². The summed E-state index contributed by atoms with van der Waals surface area (Å²) in [6, 6.07) is 0. The fourth-order valence-electron chi connectivity index (χ4n) is 1.46. The van der Waals surface area contributed by atoms with Crippen LogP contribution in [0.5, 0.6) is 0 Å². The van der Waals surface area contributed by atoms with Crippen LogP contribution in [0.4, 0.5) is 4.79 Å². The van der Waals surface area contributed by atoms with Crippen LogP contribution in [0.3, 0.4) is 0 Å². The molecule has 1 heterocycles. The zero-order chi connectivity index (χ0) is 11.6. The molecule has 0 saturated carbocycles. The van der Waals surface area contributed by atoms with Crippen LogP contribution < -0.4 is 0 Å². The molecular weight excluding hydrogens is 198 g/mol. The lowest BCUT2D eigenvalue weighted by atomic mass is 9.87. The average Bonchev–Trinajstić information content (AvgIpc) is 1.99. The summed E-state index contributed by atoms with van der Waals surface area (Å²) in [6.07, 6.45) is -0.479. The van der Waals surface area contributed by atoms with E-state index in [0.717, 1.165) is 0 Å². The Hall–Kier alpha value is -1.26. The van der Waals surface area contributed by atoms with Crippen LogP contribution in [0.25, 0.3) is 0 Å². The lowest BCUT2D eigenvalue weighted by Gasteiger charge is -2.40. The van der Waals surface area contributed by atoms with Crippen LogP contribution in [0.1, 0.15) is 20.8 Å². The van der Waals surface area contributed by atoms with Gasteiger partial charge in [-0.15, -0.1) is 0 Å². The molecule has 0 aromatic heterocycles. The van der Waals surface area contributed by atoms with Crippen LogP contribution in [0.2, 0.25) is 0 Å². The fourth-order valence-corrected chi connectivity index (χ4v) is 1.46. The van der Waals surface area contributed by atoms with Gasteiger partial charge in [0.2, 0.25) is 0 Å². The van der Waals surface area contributed by atoms with E-state index in [0.29, 0.717) is 13.1 Å². The molecule has 1 aliphatic rings. The second kappa shape index (κ2) is 4.51. The van der Waals surface area contributed by atoms with E-state index in [2.05, 4.69) is 0 Å². The van der Waals surface area contributed by atoms with E-state index in [4.69, 9.17) is 9.84 Å². The topological polar surface area (TPSA) is 66.8 Å². The number of likely N-dealkylation sites (tertiary alicyclic amines) is 1. The minimum atomic E-state index is -0.808. The van der Waals surface area contributed by atoms with Crippen molar-refractivity contribution in [2.45, 2.75) is 26.9 Å². The Bertz CT molecular complexity index is 258. The molecule has 1 fully saturated rings. The molecule has 1 unspecified atom stereocenters. The Morgan fingerprint density at radius 2 is 1.87 bits per heavy atom. The third kappa shape index (κ3) is 2.84. The molecule has 1 rings (SSSR count). The first-order valence-corrected chi connectivity index (χ1v) is 5.10. The van der Waals surface area contributed by atoms with Crippen molar-refractivity contribution in [1.29, 1.82) is 0 Å². The monoisotopic (exact) mass is 215 g/mol. The van der Waals surface area contributed by atoms with Gasteiger partial charge in [-0.3, -0.25) is 4.79 Å². The minimum Gasteiger partial charge on any atom is -0.481 e. The smallest absolute Gasteiger partial charge is 0.410 e. The molecule has 1 N–H and O–H groups in total. The summed E-state index contributed by atoms with van der Waals surface area (Å²) in [4.78, 5) is 23.5. The number of nitrogens with zero attached hydrogens (tertiary/aromatic N) is 1. The van der Waals surface area contributed by atoms with E-state index in [1.165, 1.54) is 4.90 Å². The van der Waals surface area contributed by atoms with Gasteiger partial charge < -0.3 is 14.7 Å². The second-order valence-corrected chi connectivity index (χ2v) is 4.22. The normalized spacial score (nSPS) is 18.5. The number of rotatable bonds is 3. The molecule has 0 radical (unpaired) electrons. The first-order chi connectivity index (χ1) is 6.91. The predicted molar refractivity (Wildman–Crippen MR) is 53.5 cm³/mol. The zero-order valence-corrected chi connectivity index (χ0v) is 9.27. The lowest BCUT2D eigenvalue weighted by Crippen LogP contribution is -2.53. The largest absolute Gasteiger partial charge is 0.481 e. The minimum absolute atomic E-state index is 0.0576. The van der Waals surface area contributed by atoms with Gasteiger partial charge in [0, 0.05) is 19.0 Å². The van der Waals surface area contributed by atoms with Crippen LogP contribution in [-0.2, 0) is 9.53 Å². The fraction of sp³-hybridized carbons (Fsp3) is 0.800. The number of hydrogen-bond donors (Lipinski definition) is 1. The molecule has 0 aliphatic carbocycles. The van der Waals surface area contributed by atoms with Gasteiger partial charge in [-0.2, -0.15) is 0 Å². The molecule has 15 heavy (non-hydrogen) atoms. The van der Waals surface area contributed by atoms with Gasteiger partial charge in [0.25, 0.3) is 0 Å². The van der Waals surface area contributed by atoms with Gasteiger partial charge >= 0.3 is 12.1 Å². The van der Waals surface area contributed by atoms with Crippen molar-refractivity contribution in [3.63, 3.8) is 0 Å². The number of ether oxygens (including phenoxy) is 1. The van der Waals surface area contributed by atoms with Crippen LogP contribution in [0.15, 0.2) is 0 Å². The molecule has 1 aliphatic heterocycles. The van der Waals surface area contributed by atoms with Crippen LogP contribution in [0, 0.1) is 11.8 Å². The third-order valence-electron chi connectivity index (χ3n) is 2.60. The second-order valence-electron chi connectivity index (χ2n) is 4.22. The highest BCUT2D eigenvalue weighted by Crippen LogP contribution is 2.24. The molecule has 0 spiro atoms. The molecule has 0 aromatic rings. The summed E-state index contributed by atoms with van der Waals surface area (Å²) < 4.78 is 4.98. The predicted octanol–water partition coefficient (Wildman–Crippen LogP) is 1.18. The molecule has 5 heteroatoms. The Balaban J connectivity index is 2.31. The van der Waals surface area contributed by atoms with Crippen molar-refractivity contribution in [3.8, 4) is 0 Å². The van der Waals surface area contributed by atoms with E-state index in [-0.39, 0.29) is 18.1 Å². The molecule has 0 bridgehead atoms. The summed E-state index contributed by atoms with van der Waals surface area (Å²) in [6.45, 7) is 6.21. The maximum Gasteiger partial charge on any atom is 0.410 e. The molecule has 1 saturated heterocycles. The highest BCUT2D eigenvalue weighted by molar-refractivity contribution is 5.72. The number of carbonyl (C=O) groups excluding carboxylic acids is 1. The molecular formula is C10H17NO4. The quantitative estimate of drug-likeness (QED) is 0.767. The zero-order valence-electron chi connectivity index (χ0n) is 9.27. The molecule has 1 amide bonds. The van der Waals surface area contributed by atoms with Gasteiger partial charge in [0.15, 0.2) is 0 Å². The van der Waals surface area contributed by atoms with Gasteiger partial charge in [0.1, 0.15) is 0 Å². The molecule has 5 nitrogen and oxygen atoms in total. The third-order valence-corrected chi connectivity index (χ3v) is 2.60. The number of carbonyl (C=O) groups is 2. The number of aliphatic carboxylic acids is 1. The highest BCUT2D eigenvalue weighted by Gasteiger charge is 2.38. The maximum atomic E-state index is 11.3. The van der Waals surface area contributed by atoms with Gasteiger partial charge in [-0.1, -0.05) is 6.92 Å². The molecule has 86 valence electrons. The Morgan fingerprint density at radius 1 is 1.33 bits per heavy atom. The maximum absolute atomic E-state index is 11.3. The SMILES string of the molecule is CC(C)OC(=O)N1CC(C(C)C(=O)O)C1. The van der Waals surface area contributed by atoms with E-state index >= 15 is 0 Å². The van der Waals surface area contributed by atoms with Crippen molar-refractivity contribution in [3.05, 3.63) is 0 Å². The summed E-state index contributed by atoms with van der Waals surface area (Å²) in [5.74, 6) is -1.15. The van der Waals surface area contributed by atoms with Crippen LogP contribution >= 0.6 is 0 Å². The van der Waals surface area contributed by atoms with Crippen molar-refractivity contribution in [1.82, 2.24) is 4.90 Å². The number of carboxylic acid groups (broad SMARTS) is 1. The lowest BCUT2D eigenvalue weighted by molar-refractivity contribution is -0.145. The summed E-state index contributed by atoms with van der Waals surface area (Å²) >= 11 is 0. The first kappa shape index (κ1) is 11.8. The van der Waals surface area contributed by atoms with E-state index < -0.39 is 11.9 Å². The van der Waals surface area contributed by atoms with Crippen molar-refractivity contribution >= 4 is 12.1 Å². The standard InChI is InChI=1S/C10H17NO4/c1-6(2)15-10(14)11-4-8(5-11)7(3)9(12)13/h6-8H,4-5H2,1-3H3,(H,12,13). The first-order valence-electron chi connectivity index (χ1n) is 5.10. The summed E-state index contributed by atoms with van der Waals surface area (Å²) in [5.41, 5.74) is 0.